The zero-order valence-electron chi connectivity index (χ0n) is 12.1. The first-order chi connectivity index (χ1) is 10.3. The van der Waals surface area contributed by atoms with Crippen molar-refractivity contribution in [2.24, 2.45) is 5.73 Å². The normalized spacial score (nSPS) is 10.5. The summed E-state index contributed by atoms with van der Waals surface area (Å²) in [6.07, 6.45) is 2.07. The Hall–Kier alpha value is -1.72. The van der Waals surface area contributed by atoms with Crippen molar-refractivity contribution in [1.29, 1.82) is 0 Å². The maximum Gasteiger partial charge on any atom is 0.223 e. The molecule has 0 saturated heterocycles. The summed E-state index contributed by atoms with van der Waals surface area (Å²) in [5.41, 5.74) is 9.65. The van der Waals surface area contributed by atoms with Crippen LogP contribution in [0.25, 0.3) is 0 Å². The van der Waals surface area contributed by atoms with Gasteiger partial charge in [0.1, 0.15) is 0 Å². The topological polar surface area (TPSA) is 59.2 Å². The van der Waals surface area contributed by atoms with Gasteiger partial charge in [-0.1, -0.05) is 30.3 Å². The number of nitrogens with two attached hydrogens (primary N) is 1. The van der Waals surface area contributed by atoms with Crippen molar-refractivity contribution in [1.82, 2.24) is 9.88 Å². The number of thiazole rings is 1. The Labute approximate surface area is 129 Å². The second kappa shape index (κ2) is 8.54. The number of hydrogen-bond donors (Lipinski definition) is 1. The van der Waals surface area contributed by atoms with Crippen molar-refractivity contribution >= 4 is 17.2 Å². The highest BCUT2D eigenvalue weighted by atomic mass is 32.1. The van der Waals surface area contributed by atoms with E-state index in [4.69, 9.17) is 5.73 Å². The van der Waals surface area contributed by atoms with E-state index in [1.807, 2.05) is 28.5 Å². The fourth-order valence-corrected chi connectivity index (χ4v) is 2.77. The summed E-state index contributed by atoms with van der Waals surface area (Å²) in [7, 11) is 0. The van der Waals surface area contributed by atoms with Gasteiger partial charge in [-0.3, -0.25) is 4.79 Å². The number of nitrogens with zero attached hydrogens (tertiary/aromatic N) is 2. The Bertz CT molecular complexity index is 528. The van der Waals surface area contributed by atoms with Gasteiger partial charge >= 0.3 is 0 Å². The summed E-state index contributed by atoms with van der Waals surface area (Å²) in [6.45, 7) is 1.83. The highest BCUT2D eigenvalue weighted by Crippen LogP contribution is 2.07. The van der Waals surface area contributed by atoms with E-state index in [0.717, 1.165) is 18.7 Å². The van der Waals surface area contributed by atoms with Crippen LogP contribution in [-0.2, 0) is 17.6 Å². The number of carbonyl (C=O) groups is 1. The molecule has 0 aliphatic heterocycles. The Balaban J connectivity index is 1.83. The number of amides is 1. The van der Waals surface area contributed by atoms with E-state index in [1.54, 1.807) is 16.8 Å². The van der Waals surface area contributed by atoms with Gasteiger partial charge in [-0.2, -0.15) is 0 Å². The molecule has 2 rings (SSSR count). The lowest BCUT2D eigenvalue weighted by atomic mass is 10.1. The first-order valence-electron chi connectivity index (χ1n) is 7.18. The molecule has 4 nitrogen and oxygen atoms in total. The Morgan fingerprint density at radius 3 is 2.67 bits per heavy atom. The van der Waals surface area contributed by atoms with E-state index in [1.165, 1.54) is 5.56 Å². The fraction of sp³-hybridized carbons (Fsp3) is 0.375. The number of aromatic nitrogens is 1. The van der Waals surface area contributed by atoms with E-state index in [2.05, 4.69) is 17.1 Å². The van der Waals surface area contributed by atoms with Gasteiger partial charge in [-0.25, -0.2) is 4.98 Å². The van der Waals surface area contributed by atoms with Gasteiger partial charge in [0, 0.05) is 31.4 Å². The lowest BCUT2D eigenvalue weighted by Gasteiger charge is -2.22. The third-order valence-corrected chi connectivity index (χ3v) is 3.98. The average Bonchev–Trinajstić information content (AvgIpc) is 3.03. The van der Waals surface area contributed by atoms with Crippen LogP contribution in [0.5, 0.6) is 0 Å². The van der Waals surface area contributed by atoms with E-state index in [-0.39, 0.29) is 5.91 Å². The van der Waals surface area contributed by atoms with E-state index < -0.39 is 0 Å². The molecule has 0 unspecified atom stereocenters. The van der Waals surface area contributed by atoms with E-state index >= 15 is 0 Å². The van der Waals surface area contributed by atoms with Crippen LogP contribution in [-0.4, -0.2) is 35.4 Å². The van der Waals surface area contributed by atoms with Crippen LogP contribution in [0.2, 0.25) is 0 Å². The van der Waals surface area contributed by atoms with Crippen molar-refractivity contribution in [3.8, 4) is 0 Å². The second-order valence-electron chi connectivity index (χ2n) is 4.88. The maximum atomic E-state index is 12.3. The number of rotatable bonds is 8. The predicted octanol–water partition coefficient (Wildman–Crippen LogP) is 2.11. The Morgan fingerprint density at radius 2 is 2.00 bits per heavy atom. The minimum atomic E-state index is 0.157. The highest BCUT2D eigenvalue weighted by molar-refractivity contribution is 7.07. The molecule has 0 aliphatic carbocycles. The third-order valence-electron chi connectivity index (χ3n) is 3.34. The number of hydrogen-bond acceptors (Lipinski definition) is 4. The molecule has 21 heavy (non-hydrogen) atoms. The average molecular weight is 303 g/mol. The van der Waals surface area contributed by atoms with Crippen molar-refractivity contribution in [2.75, 3.05) is 19.6 Å². The molecule has 1 aromatic carbocycles. The summed E-state index contributed by atoms with van der Waals surface area (Å²) in [6, 6.07) is 10.2. The van der Waals surface area contributed by atoms with Gasteiger partial charge in [0.15, 0.2) is 0 Å². The van der Waals surface area contributed by atoms with Gasteiger partial charge in [0.05, 0.1) is 11.2 Å². The lowest BCUT2D eigenvalue weighted by Crippen LogP contribution is -2.37. The maximum absolute atomic E-state index is 12.3. The summed E-state index contributed by atoms with van der Waals surface area (Å²) in [5.74, 6) is 0.157. The molecule has 1 amide bonds. The summed E-state index contributed by atoms with van der Waals surface area (Å²) in [4.78, 5) is 18.4. The smallest absolute Gasteiger partial charge is 0.223 e. The molecule has 0 bridgehead atoms. The molecule has 2 aromatic rings. The largest absolute Gasteiger partial charge is 0.341 e. The molecule has 0 saturated carbocycles. The van der Waals surface area contributed by atoms with Gasteiger partial charge in [-0.15, -0.1) is 11.3 Å². The highest BCUT2D eigenvalue weighted by Gasteiger charge is 2.13. The first kappa shape index (κ1) is 15.7. The van der Waals surface area contributed by atoms with Crippen LogP contribution in [0.4, 0.5) is 0 Å². The number of benzene rings is 1. The third kappa shape index (κ3) is 5.28. The van der Waals surface area contributed by atoms with Crippen LogP contribution in [0.1, 0.15) is 17.7 Å². The molecular weight excluding hydrogens is 282 g/mol. The van der Waals surface area contributed by atoms with Crippen LogP contribution in [0.3, 0.4) is 0 Å². The van der Waals surface area contributed by atoms with Crippen LogP contribution in [0, 0.1) is 0 Å². The standard InChI is InChI=1S/C16H21N3OS/c17-9-11-19(10-8-14-4-2-1-3-5-14)16(20)7-6-15-12-21-13-18-15/h1-5,12-13H,6-11,17H2. The molecule has 0 aliphatic rings. The quantitative estimate of drug-likeness (QED) is 0.812. The molecule has 1 heterocycles. The minimum absolute atomic E-state index is 0.157. The van der Waals surface area contributed by atoms with Crippen LogP contribution in [0.15, 0.2) is 41.2 Å². The predicted molar refractivity (Wildman–Crippen MR) is 86.2 cm³/mol. The molecule has 1 aromatic heterocycles. The van der Waals surface area contributed by atoms with Crippen molar-refractivity contribution < 1.29 is 4.79 Å². The SMILES string of the molecule is NCCN(CCc1ccccc1)C(=O)CCc1cscn1. The minimum Gasteiger partial charge on any atom is -0.341 e. The monoisotopic (exact) mass is 303 g/mol. The van der Waals surface area contributed by atoms with Gasteiger partial charge in [0.25, 0.3) is 0 Å². The molecule has 0 atom stereocenters. The molecule has 0 radical (unpaired) electrons. The zero-order valence-corrected chi connectivity index (χ0v) is 12.9. The Kier molecular flexibility index (Phi) is 6.37. The molecule has 0 spiro atoms. The number of aryl methyl sites for hydroxylation is 1. The Morgan fingerprint density at radius 1 is 1.19 bits per heavy atom. The zero-order chi connectivity index (χ0) is 14.9. The van der Waals surface area contributed by atoms with Crippen molar-refractivity contribution in [3.63, 3.8) is 0 Å². The molecule has 112 valence electrons. The second-order valence-corrected chi connectivity index (χ2v) is 5.60. The molecule has 5 heteroatoms. The van der Waals surface area contributed by atoms with Crippen LogP contribution < -0.4 is 5.73 Å². The fourth-order valence-electron chi connectivity index (χ4n) is 2.18. The molecule has 2 N–H and O–H groups in total. The summed E-state index contributed by atoms with van der Waals surface area (Å²) >= 11 is 1.56. The summed E-state index contributed by atoms with van der Waals surface area (Å²) < 4.78 is 0. The van der Waals surface area contributed by atoms with Gasteiger partial charge < -0.3 is 10.6 Å². The van der Waals surface area contributed by atoms with Crippen molar-refractivity contribution in [3.05, 3.63) is 52.5 Å². The van der Waals surface area contributed by atoms with Crippen LogP contribution >= 0.6 is 11.3 Å². The van der Waals surface area contributed by atoms with Gasteiger partial charge in [0.2, 0.25) is 5.91 Å². The van der Waals surface area contributed by atoms with E-state index in [9.17, 15) is 4.79 Å². The van der Waals surface area contributed by atoms with Gasteiger partial charge in [-0.05, 0) is 18.4 Å². The lowest BCUT2D eigenvalue weighted by molar-refractivity contribution is -0.131. The molecule has 0 fully saturated rings. The number of carbonyl (C=O) groups excluding carboxylic acids is 1. The van der Waals surface area contributed by atoms with Crippen molar-refractivity contribution in [2.45, 2.75) is 19.3 Å². The summed E-state index contributed by atoms with van der Waals surface area (Å²) in [5, 5.41) is 1.99. The molecular formula is C16H21N3OS. The first-order valence-corrected chi connectivity index (χ1v) is 8.12. The van der Waals surface area contributed by atoms with E-state index in [0.29, 0.717) is 25.9 Å².